The van der Waals surface area contributed by atoms with E-state index in [0.29, 0.717) is 6.42 Å². The van der Waals surface area contributed by atoms with Crippen molar-refractivity contribution in [1.82, 2.24) is 0 Å². The van der Waals surface area contributed by atoms with Crippen molar-refractivity contribution in [2.75, 3.05) is 0 Å². The number of hydrogen-bond acceptors (Lipinski definition) is 3. The Bertz CT molecular complexity index is 414. The molecule has 0 saturated carbocycles. The van der Waals surface area contributed by atoms with Gasteiger partial charge in [0.05, 0.1) is 6.10 Å². The maximum atomic E-state index is 10.0. The van der Waals surface area contributed by atoms with E-state index in [9.17, 15) is 5.11 Å². The molecular weight excluding hydrogens is 292 g/mol. The number of aliphatic hydroxyl groups excluding tert-OH is 1. The molecular formula is C11H11BrOS2. The maximum absolute atomic E-state index is 10.0. The summed E-state index contributed by atoms with van der Waals surface area (Å²) in [5, 5.41) is 14.1. The highest BCUT2D eigenvalue weighted by molar-refractivity contribution is 9.10. The quantitative estimate of drug-likeness (QED) is 0.903. The molecule has 0 aliphatic rings. The predicted molar refractivity (Wildman–Crippen MR) is 69.7 cm³/mol. The van der Waals surface area contributed by atoms with Crippen LogP contribution in [-0.4, -0.2) is 5.11 Å². The molecule has 0 aliphatic heterocycles. The van der Waals surface area contributed by atoms with Crippen LogP contribution in [-0.2, 0) is 6.42 Å². The average Bonchev–Trinajstić information content (AvgIpc) is 2.78. The molecule has 2 aromatic rings. The molecule has 0 radical (unpaired) electrons. The largest absolute Gasteiger partial charge is 0.387 e. The molecule has 15 heavy (non-hydrogen) atoms. The van der Waals surface area contributed by atoms with Crippen LogP contribution in [0.5, 0.6) is 0 Å². The van der Waals surface area contributed by atoms with Crippen molar-refractivity contribution in [2.45, 2.75) is 19.4 Å². The van der Waals surface area contributed by atoms with E-state index in [1.807, 2.05) is 11.4 Å². The van der Waals surface area contributed by atoms with Crippen LogP contribution >= 0.6 is 38.6 Å². The van der Waals surface area contributed by atoms with Gasteiger partial charge in [0.25, 0.3) is 0 Å². The van der Waals surface area contributed by atoms with Crippen molar-refractivity contribution in [2.24, 2.45) is 0 Å². The summed E-state index contributed by atoms with van der Waals surface area (Å²) in [5.41, 5.74) is 1.20. The first kappa shape index (κ1) is 11.3. The van der Waals surface area contributed by atoms with Crippen molar-refractivity contribution >= 4 is 38.6 Å². The van der Waals surface area contributed by atoms with Crippen LogP contribution in [0, 0.1) is 6.92 Å². The van der Waals surface area contributed by atoms with Crippen molar-refractivity contribution in [1.29, 1.82) is 0 Å². The second-order valence-electron chi connectivity index (χ2n) is 3.40. The number of thiophene rings is 2. The normalized spacial score (nSPS) is 13.0. The highest BCUT2D eigenvalue weighted by atomic mass is 79.9. The number of rotatable bonds is 3. The molecule has 0 saturated heterocycles. The second-order valence-corrected chi connectivity index (χ2v) is 6.33. The summed E-state index contributed by atoms with van der Waals surface area (Å²) < 4.78 is 1.09. The number of hydrogen-bond donors (Lipinski definition) is 1. The molecule has 0 aromatic carbocycles. The molecule has 1 atom stereocenters. The van der Waals surface area contributed by atoms with Crippen LogP contribution in [0.15, 0.2) is 27.4 Å². The summed E-state index contributed by atoms with van der Waals surface area (Å²) >= 11 is 6.78. The highest BCUT2D eigenvalue weighted by Gasteiger charge is 2.13. The van der Waals surface area contributed by atoms with E-state index < -0.39 is 0 Å². The third-order valence-electron chi connectivity index (χ3n) is 2.21. The van der Waals surface area contributed by atoms with E-state index in [1.54, 1.807) is 22.7 Å². The summed E-state index contributed by atoms with van der Waals surface area (Å²) in [6.07, 6.45) is 0.324. The van der Waals surface area contributed by atoms with E-state index >= 15 is 0 Å². The first-order chi connectivity index (χ1) is 7.16. The molecule has 0 spiro atoms. The first-order valence-electron chi connectivity index (χ1n) is 4.62. The molecule has 1 N–H and O–H groups in total. The summed E-state index contributed by atoms with van der Waals surface area (Å²) in [4.78, 5) is 2.25. The predicted octanol–water partition coefficient (Wildman–Crippen LogP) is 4.16. The van der Waals surface area contributed by atoms with Gasteiger partial charge in [0.2, 0.25) is 0 Å². The molecule has 1 unspecified atom stereocenters. The van der Waals surface area contributed by atoms with Gasteiger partial charge in [-0.2, -0.15) is 11.3 Å². The van der Waals surface area contributed by atoms with Gasteiger partial charge in [-0.05, 0) is 51.3 Å². The van der Waals surface area contributed by atoms with E-state index in [1.165, 1.54) is 10.4 Å². The van der Waals surface area contributed by atoms with Crippen molar-refractivity contribution in [3.05, 3.63) is 42.7 Å². The minimum absolute atomic E-state index is 0.380. The monoisotopic (exact) mass is 302 g/mol. The number of aliphatic hydroxyl groups is 1. The van der Waals surface area contributed by atoms with Crippen molar-refractivity contribution < 1.29 is 5.11 Å². The standard InChI is InChI=1S/C11H11BrOS2/c1-7-9(12)5-11(15-7)10(13)4-8-2-3-14-6-8/h2-3,5-6,10,13H,4H2,1H3. The summed E-state index contributed by atoms with van der Waals surface area (Å²) in [5.74, 6) is 0. The fourth-order valence-electron chi connectivity index (χ4n) is 1.38. The Morgan fingerprint density at radius 3 is 2.87 bits per heavy atom. The molecule has 0 aliphatic carbocycles. The lowest BCUT2D eigenvalue weighted by Gasteiger charge is -2.06. The van der Waals surface area contributed by atoms with Gasteiger partial charge < -0.3 is 5.11 Å². The average molecular weight is 303 g/mol. The van der Waals surface area contributed by atoms with Crippen LogP contribution in [0.2, 0.25) is 0 Å². The van der Waals surface area contributed by atoms with E-state index in [-0.39, 0.29) is 6.10 Å². The zero-order valence-corrected chi connectivity index (χ0v) is 11.5. The summed E-state index contributed by atoms with van der Waals surface area (Å²) in [6, 6.07) is 4.07. The third-order valence-corrected chi connectivity index (χ3v) is 5.18. The summed E-state index contributed by atoms with van der Waals surface area (Å²) in [6.45, 7) is 2.05. The lowest BCUT2D eigenvalue weighted by Crippen LogP contribution is -1.97. The van der Waals surface area contributed by atoms with Gasteiger partial charge in [0, 0.05) is 20.6 Å². The van der Waals surface area contributed by atoms with Crippen LogP contribution in [0.25, 0.3) is 0 Å². The second kappa shape index (κ2) is 4.78. The molecule has 0 amide bonds. The van der Waals surface area contributed by atoms with Crippen LogP contribution in [0.3, 0.4) is 0 Å². The maximum Gasteiger partial charge on any atom is 0.0922 e. The Balaban J connectivity index is 2.11. The molecule has 2 rings (SSSR count). The Morgan fingerprint density at radius 1 is 1.53 bits per heavy atom. The number of halogens is 1. The molecule has 0 fully saturated rings. The van der Waals surface area contributed by atoms with Crippen LogP contribution in [0.1, 0.15) is 21.4 Å². The molecule has 2 heterocycles. The smallest absolute Gasteiger partial charge is 0.0922 e. The Labute approximate surface area is 106 Å². The molecule has 0 bridgehead atoms. The highest BCUT2D eigenvalue weighted by Crippen LogP contribution is 2.32. The minimum atomic E-state index is -0.380. The van der Waals surface area contributed by atoms with Gasteiger partial charge in [-0.15, -0.1) is 11.3 Å². The van der Waals surface area contributed by atoms with Gasteiger partial charge in [0.15, 0.2) is 0 Å². The Kier molecular flexibility index (Phi) is 3.61. The van der Waals surface area contributed by atoms with Crippen molar-refractivity contribution in [3.8, 4) is 0 Å². The summed E-state index contributed by atoms with van der Waals surface area (Å²) in [7, 11) is 0. The zero-order valence-electron chi connectivity index (χ0n) is 8.24. The molecule has 2 aromatic heterocycles. The van der Waals surface area contributed by atoms with Gasteiger partial charge in [-0.25, -0.2) is 0 Å². The lowest BCUT2D eigenvalue weighted by atomic mass is 10.1. The van der Waals surface area contributed by atoms with Gasteiger partial charge in [0.1, 0.15) is 0 Å². The molecule has 1 nitrogen and oxygen atoms in total. The fourth-order valence-corrected chi connectivity index (χ4v) is 3.61. The number of aryl methyl sites for hydroxylation is 1. The van der Waals surface area contributed by atoms with Gasteiger partial charge in [-0.1, -0.05) is 0 Å². The van der Waals surface area contributed by atoms with Gasteiger partial charge in [-0.3, -0.25) is 0 Å². The lowest BCUT2D eigenvalue weighted by molar-refractivity contribution is 0.182. The molecule has 4 heteroatoms. The van der Waals surface area contributed by atoms with Crippen molar-refractivity contribution in [3.63, 3.8) is 0 Å². The third kappa shape index (κ3) is 2.69. The Morgan fingerprint density at radius 2 is 2.33 bits per heavy atom. The van der Waals surface area contributed by atoms with Crippen LogP contribution in [0.4, 0.5) is 0 Å². The SMILES string of the molecule is Cc1sc(C(O)Cc2ccsc2)cc1Br. The minimum Gasteiger partial charge on any atom is -0.387 e. The zero-order chi connectivity index (χ0) is 10.8. The van der Waals surface area contributed by atoms with Gasteiger partial charge >= 0.3 is 0 Å². The van der Waals surface area contributed by atoms with E-state index in [0.717, 1.165) is 9.35 Å². The van der Waals surface area contributed by atoms with Crippen LogP contribution < -0.4 is 0 Å². The fraction of sp³-hybridized carbons (Fsp3) is 0.273. The topological polar surface area (TPSA) is 20.2 Å². The first-order valence-corrected chi connectivity index (χ1v) is 7.17. The Hall–Kier alpha value is -0.160. The molecule has 80 valence electrons. The van der Waals surface area contributed by atoms with E-state index in [4.69, 9.17) is 0 Å². The van der Waals surface area contributed by atoms with E-state index in [2.05, 4.69) is 34.3 Å².